The summed E-state index contributed by atoms with van der Waals surface area (Å²) in [6.07, 6.45) is 7.75. The van der Waals surface area contributed by atoms with Gasteiger partial charge in [-0.3, -0.25) is 0 Å². The van der Waals surface area contributed by atoms with Crippen LogP contribution in [-0.4, -0.2) is 34.7 Å². The van der Waals surface area contributed by atoms with Gasteiger partial charge in [-0.2, -0.15) is 11.8 Å². The summed E-state index contributed by atoms with van der Waals surface area (Å²) < 4.78 is 0. The first-order chi connectivity index (χ1) is 8.33. The fourth-order valence-corrected chi connectivity index (χ4v) is 3.01. The fourth-order valence-electron chi connectivity index (χ4n) is 2.26. The molecule has 0 radical (unpaired) electrons. The quantitative estimate of drug-likeness (QED) is 0.895. The number of aliphatic hydroxyl groups excluding tert-OH is 1. The molecule has 1 aliphatic rings. The van der Waals surface area contributed by atoms with E-state index in [-0.39, 0.29) is 6.61 Å². The van der Waals surface area contributed by atoms with E-state index in [0.717, 1.165) is 29.7 Å². The third-order valence-corrected chi connectivity index (χ3v) is 4.46. The second kappa shape index (κ2) is 6.26. The van der Waals surface area contributed by atoms with Crippen molar-refractivity contribution in [2.75, 3.05) is 24.2 Å². The molecule has 1 aromatic heterocycles. The van der Waals surface area contributed by atoms with Crippen LogP contribution in [0.4, 0.5) is 5.82 Å². The largest absolute Gasteiger partial charge is 0.392 e. The normalized spacial score (nSPS) is 21.3. The van der Waals surface area contributed by atoms with Crippen molar-refractivity contribution < 1.29 is 5.11 Å². The fraction of sp³-hybridized carbons (Fsp3) is 0.615. The Kier molecular flexibility index (Phi) is 4.68. The Morgan fingerprint density at radius 3 is 3.12 bits per heavy atom. The van der Waals surface area contributed by atoms with Gasteiger partial charge in [-0.15, -0.1) is 0 Å². The zero-order valence-electron chi connectivity index (χ0n) is 10.3. The van der Waals surface area contributed by atoms with Gasteiger partial charge in [0.05, 0.1) is 6.61 Å². The second-order valence-electron chi connectivity index (χ2n) is 4.46. The molecule has 1 saturated heterocycles. The number of hydrogen-bond acceptors (Lipinski definition) is 4. The Labute approximate surface area is 107 Å². The minimum absolute atomic E-state index is 0.0940. The van der Waals surface area contributed by atoms with Crippen LogP contribution < -0.4 is 4.90 Å². The molecule has 2 heterocycles. The topological polar surface area (TPSA) is 36.4 Å². The predicted octanol–water partition coefficient (Wildman–Crippen LogP) is 2.30. The number of rotatable bonds is 3. The lowest BCUT2D eigenvalue weighted by Gasteiger charge is -2.21. The Bertz CT molecular complexity index is 359. The molecule has 0 bridgehead atoms. The van der Waals surface area contributed by atoms with Gasteiger partial charge in [0.25, 0.3) is 0 Å². The summed E-state index contributed by atoms with van der Waals surface area (Å²) in [5.41, 5.74) is 0.945. The van der Waals surface area contributed by atoms with Gasteiger partial charge in [-0.05, 0) is 43.2 Å². The van der Waals surface area contributed by atoms with Crippen LogP contribution in [0.2, 0.25) is 0 Å². The van der Waals surface area contributed by atoms with Crippen LogP contribution in [0.15, 0.2) is 18.3 Å². The van der Waals surface area contributed by atoms with Crippen molar-refractivity contribution in [3.05, 3.63) is 23.9 Å². The van der Waals surface area contributed by atoms with Gasteiger partial charge in [0.1, 0.15) is 5.82 Å². The van der Waals surface area contributed by atoms with E-state index in [4.69, 9.17) is 5.11 Å². The highest BCUT2D eigenvalue weighted by Gasteiger charge is 2.17. The summed E-state index contributed by atoms with van der Waals surface area (Å²) in [6.45, 7) is 2.25. The maximum atomic E-state index is 9.15. The highest BCUT2D eigenvalue weighted by atomic mass is 32.2. The summed E-state index contributed by atoms with van der Waals surface area (Å²) in [5.74, 6) is 1.01. The van der Waals surface area contributed by atoms with Gasteiger partial charge in [0.15, 0.2) is 0 Å². The van der Waals surface area contributed by atoms with Crippen LogP contribution in [0.1, 0.15) is 24.8 Å². The molecule has 2 rings (SSSR count). The van der Waals surface area contributed by atoms with E-state index in [9.17, 15) is 0 Å². The molecule has 4 heteroatoms. The molecule has 1 aromatic rings. The average molecular weight is 252 g/mol. The van der Waals surface area contributed by atoms with Gasteiger partial charge in [0.2, 0.25) is 0 Å². The maximum Gasteiger partial charge on any atom is 0.128 e. The lowest BCUT2D eigenvalue weighted by molar-refractivity contribution is 0.281. The Morgan fingerprint density at radius 1 is 1.47 bits per heavy atom. The van der Waals surface area contributed by atoms with E-state index in [2.05, 4.69) is 16.1 Å². The third kappa shape index (κ3) is 3.36. The molecule has 0 amide bonds. The summed E-state index contributed by atoms with van der Waals surface area (Å²) >= 11 is 1.98. The van der Waals surface area contributed by atoms with Crippen LogP contribution in [-0.2, 0) is 6.61 Å². The first kappa shape index (κ1) is 12.7. The number of anilines is 1. The van der Waals surface area contributed by atoms with Gasteiger partial charge < -0.3 is 10.0 Å². The molecule has 17 heavy (non-hydrogen) atoms. The van der Waals surface area contributed by atoms with Crippen molar-refractivity contribution in [2.24, 2.45) is 0 Å². The first-order valence-electron chi connectivity index (χ1n) is 6.17. The second-order valence-corrected chi connectivity index (χ2v) is 5.59. The molecule has 1 N–H and O–H groups in total. The summed E-state index contributed by atoms with van der Waals surface area (Å²) in [7, 11) is 0. The van der Waals surface area contributed by atoms with Gasteiger partial charge >= 0.3 is 0 Å². The lowest BCUT2D eigenvalue weighted by atomic mass is 10.2. The van der Waals surface area contributed by atoms with Crippen molar-refractivity contribution in [3.63, 3.8) is 0 Å². The van der Waals surface area contributed by atoms with E-state index in [1.54, 1.807) is 6.20 Å². The molecule has 1 atom stereocenters. The molecule has 1 aliphatic heterocycles. The number of aliphatic hydroxyl groups is 1. The van der Waals surface area contributed by atoms with Crippen LogP contribution in [0, 0.1) is 0 Å². The van der Waals surface area contributed by atoms with Crippen molar-refractivity contribution >= 4 is 17.6 Å². The van der Waals surface area contributed by atoms with Crippen molar-refractivity contribution in [1.82, 2.24) is 4.98 Å². The molecule has 94 valence electrons. The molecular formula is C13H20N2OS. The Morgan fingerprint density at radius 2 is 2.35 bits per heavy atom. The van der Waals surface area contributed by atoms with Crippen molar-refractivity contribution in [1.29, 1.82) is 0 Å². The van der Waals surface area contributed by atoms with Gasteiger partial charge in [0, 0.05) is 24.5 Å². The van der Waals surface area contributed by atoms with E-state index in [1.165, 1.54) is 19.3 Å². The third-order valence-electron chi connectivity index (χ3n) is 3.32. The lowest BCUT2D eigenvalue weighted by Crippen LogP contribution is -2.25. The number of aromatic nitrogens is 1. The highest BCUT2D eigenvalue weighted by molar-refractivity contribution is 7.99. The molecule has 0 saturated carbocycles. The number of nitrogens with zero attached hydrogens (tertiary/aromatic N) is 2. The molecule has 0 aromatic carbocycles. The smallest absolute Gasteiger partial charge is 0.128 e. The molecule has 1 fully saturated rings. The molecule has 1 unspecified atom stereocenters. The number of hydrogen-bond donors (Lipinski definition) is 1. The minimum atomic E-state index is 0.0940. The van der Waals surface area contributed by atoms with Crippen LogP contribution >= 0.6 is 11.8 Å². The SMILES string of the molecule is CSC1CCCN(c2cc(CO)ccn2)CC1. The predicted molar refractivity (Wildman–Crippen MR) is 73.5 cm³/mol. The zero-order chi connectivity index (χ0) is 12.1. The van der Waals surface area contributed by atoms with Crippen LogP contribution in [0.3, 0.4) is 0 Å². The average Bonchev–Trinajstić information content (AvgIpc) is 2.64. The summed E-state index contributed by atoms with van der Waals surface area (Å²) in [6, 6.07) is 3.87. The Balaban J connectivity index is 2.05. The van der Waals surface area contributed by atoms with Crippen LogP contribution in [0.25, 0.3) is 0 Å². The van der Waals surface area contributed by atoms with E-state index < -0.39 is 0 Å². The van der Waals surface area contributed by atoms with Gasteiger partial charge in [-0.1, -0.05) is 0 Å². The molecule has 0 aliphatic carbocycles. The van der Waals surface area contributed by atoms with Crippen LogP contribution in [0.5, 0.6) is 0 Å². The molecular weight excluding hydrogens is 232 g/mol. The minimum Gasteiger partial charge on any atom is -0.392 e. The summed E-state index contributed by atoms with van der Waals surface area (Å²) in [5, 5.41) is 9.94. The monoisotopic (exact) mass is 252 g/mol. The van der Waals surface area contributed by atoms with E-state index >= 15 is 0 Å². The van der Waals surface area contributed by atoms with Crippen molar-refractivity contribution in [3.8, 4) is 0 Å². The summed E-state index contributed by atoms with van der Waals surface area (Å²) in [4.78, 5) is 6.75. The van der Waals surface area contributed by atoms with Crippen molar-refractivity contribution in [2.45, 2.75) is 31.1 Å². The molecule has 3 nitrogen and oxygen atoms in total. The van der Waals surface area contributed by atoms with Gasteiger partial charge in [-0.25, -0.2) is 4.98 Å². The standard InChI is InChI=1S/C13H20N2OS/c1-17-12-3-2-7-15(8-5-12)13-9-11(10-16)4-6-14-13/h4,6,9,12,16H,2-3,5,7-8,10H2,1H3. The first-order valence-corrected chi connectivity index (χ1v) is 7.46. The number of pyridine rings is 1. The zero-order valence-corrected chi connectivity index (χ0v) is 11.1. The van der Waals surface area contributed by atoms with E-state index in [0.29, 0.717) is 0 Å². The molecule has 0 spiro atoms. The van der Waals surface area contributed by atoms with E-state index in [1.807, 2.05) is 23.9 Å². The Hall–Kier alpha value is -0.740. The maximum absolute atomic E-state index is 9.15. The highest BCUT2D eigenvalue weighted by Crippen LogP contribution is 2.24. The number of thioether (sulfide) groups is 1.